The zero-order chi connectivity index (χ0) is 37.5. The Morgan fingerprint density at radius 3 is 1.12 bits per heavy atom. The third-order valence-corrected chi connectivity index (χ3v) is 10.5. The van der Waals surface area contributed by atoms with Crippen LogP contribution in [0, 0.1) is 12.7 Å². The molecule has 6 rings (SSSR count). The molecule has 0 unspecified atom stereocenters. The van der Waals surface area contributed by atoms with Gasteiger partial charge in [-0.1, -0.05) is 108 Å². The van der Waals surface area contributed by atoms with Gasteiger partial charge in [-0.25, -0.2) is 18.8 Å². The molecule has 10 heteroatoms. The summed E-state index contributed by atoms with van der Waals surface area (Å²) in [5.74, 6) is -3.04. The van der Waals surface area contributed by atoms with Gasteiger partial charge in [0.1, 0.15) is 5.82 Å². The number of carboxylic acid groups (broad SMARTS) is 3. The Morgan fingerprint density at radius 1 is 0.481 bits per heavy atom. The van der Waals surface area contributed by atoms with E-state index in [0.29, 0.717) is 16.0 Å². The van der Waals surface area contributed by atoms with Gasteiger partial charge in [-0.2, -0.15) is 0 Å². The van der Waals surface area contributed by atoms with Crippen molar-refractivity contribution in [2.75, 3.05) is 0 Å². The highest BCUT2D eigenvalue weighted by Crippen LogP contribution is 2.32. The minimum Gasteiger partial charge on any atom is -0.478 e. The van der Waals surface area contributed by atoms with Gasteiger partial charge < -0.3 is 15.3 Å². The van der Waals surface area contributed by atoms with Gasteiger partial charge in [0, 0.05) is 29.4 Å². The molecular formula is C42H35FO6S3. The lowest BCUT2D eigenvalue weighted by Crippen LogP contribution is -1.97. The molecule has 0 spiro atoms. The lowest BCUT2D eigenvalue weighted by Gasteiger charge is -2.06. The Labute approximate surface area is 314 Å². The van der Waals surface area contributed by atoms with Gasteiger partial charge in [0.05, 0.1) is 16.7 Å². The van der Waals surface area contributed by atoms with E-state index in [1.165, 1.54) is 58.5 Å². The number of benzene rings is 6. The van der Waals surface area contributed by atoms with Gasteiger partial charge in [-0.05, 0) is 104 Å². The van der Waals surface area contributed by atoms with Crippen LogP contribution in [-0.4, -0.2) is 33.2 Å². The van der Waals surface area contributed by atoms with Gasteiger partial charge in [0.25, 0.3) is 0 Å². The van der Waals surface area contributed by atoms with Crippen LogP contribution in [-0.2, 0) is 6.42 Å². The molecule has 0 radical (unpaired) electrons. The number of carbonyl (C=O) groups is 3. The van der Waals surface area contributed by atoms with Gasteiger partial charge in [-0.15, -0.1) is 0 Å². The first-order valence-electron chi connectivity index (χ1n) is 16.0. The molecule has 0 aliphatic carbocycles. The first-order chi connectivity index (χ1) is 25.0. The Morgan fingerprint density at radius 2 is 0.788 bits per heavy atom. The van der Waals surface area contributed by atoms with Crippen molar-refractivity contribution < 1.29 is 34.1 Å². The standard InChI is InChI=1S/C15H14O2S.C14H12O2S.C13H9FO2S/c1-2-11-7-9-12(10-8-11)18-14-6-4-3-5-13(14)15(16)17;1-10-6-8-11(9-7-10)17-13-5-3-2-4-12(13)14(15)16;14-9-5-7-10(8-6-9)17-12-4-2-1-3-11(12)13(15)16/h3-10H,2H2,1H3,(H,16,17);2-9H,1H3,(H,15,16);1-8H,(H,15,16). The number of carboxylic acids is 3. The highest BCUT2D eigenvalue weighted by molar-refractivity contribution is 8.00. The molecule has 0 saturated heterocycles. The average molecular weight is 751 g/mol. The third-order valence-electron chi connectivity index (χ3n) is 7.20. The minimum absolute atomic E-state index is 0.252. The molecule has 0 fully saturated rings. The Bertz CT molecular complexity index is 2000. The van der Waals surface area contributed by atoms with Gasteiger partial charge in [-0.3, -0.25) is 0 Å². The largest absolute Gasteiger partial charge is 0.478 e. The van der Waals surface area contributed by atoms with Crippen molar-refractivity contribution in [2.45, 2.75) is 49.6 Å². The van der Waals surface area contributed by atoms with E-state index in [2.05, 4.69) is 19.1 Å². The number of aryl methyl sites for hydroxylation is 2. The topological polar surface area (TPSA) is 112 Å². The van der Waals surface area contributed by atoms with E-state index >= 15 is 0 Å². The monoisotopic (exact) mass is 750 g/mol. The fourth-order valence-electron chi connectivity index (χ4n) is 4.48. The van der Waals surface area contributed by atoms with Crippen LogP contribution in [0.2, 0.25) is 0 Å². The van der Waals surface area contributed by atoms with Crippen LogP contribution in [0.4, 0.5) is 4.39 Å². The number of aromatic carboxylic acids is 3. The molecule has 0 aliphatic heterocycles. The van der Waals surface area contributed by atoms with E-state index in [4.69, 9.17) is 15.3 Å². The van der Waals surface area contributed by atoms with E-state index in [1.807, 2.05) is 67.6 Å². The van der Waals surface area contributed by atoms with Crippen molar-refractivity contribution in [2.24, 2.45) is 0 Å². The van der Waals surface area contributed by atoms with Crippen molar-refractivity contribution in [3.63, 3.8) is 0 Å². The molecule has 0 saturated carbocycles. The molecular weight excluding hydrogens is 716 g/mol. The van der Waals surface area contributed by atoms with Gasteiger partial charge in [0.2, 0.25) is 0 Å². The smallest absolute Gasteiger partial charge is 0.336 e. The molecule has 264 valence electrons. The normalized spacial score (nSPS) is 10.2. The average Bonchev–Trinajstić information content (AvgIpc) is 3.15. The SMILES string of the molecule is CCc1ccc(Sc2ccccc2C(=O)O)cc1.Cc1ccc(Sc2ccccc2C(=O)O)cc1.O=C(O)c1ccccc1Sc1ccc(F)cc1. The van der Waals surface area contributed by atoms with Crippen LogP contribution >= 0.6 is 35.3 Å². The summed E-state index contributed by atoms with van der Waals surface area (Å²) in [5.41, 5.74) is 3.42. The molecule has 0 amide bonds. The van der Waals surface area contributed by atoms with E-state index in [-0.39, 0.29) is 11.4 Å². The maximum atomic E-state index is 12.7. The highest BCUT2D eigenvalue weighted by Gasteiger charge is 2.12. The lowest BCUT2D eigenvalue weighted by molar-refractivity contribution is 0.0682. The van der Waals surface area contributed by atoms with Crippen LogP contribution in [0.25, 0.3) is 0 Å². The van der Waals surface area contributed by atoms with Crippen LogP contribution in [0.1, 0.15) is 49.1 Å². The summed E-state index contributed by atoms with van der Waals surface area (Å²) >= 11 is 4.26. The molecule has 0 heterocycles. The zero-order valence-electron chi connectivity index (χ0n) is 28.2. The predicted octanol–water partition coefficient (Wildman–Crippen LogP) is 11.6. The van der Waals surface area contributed by atoms with Crippen LogP contribution in [0.15, 0.2) is 175 Å². The van der Waals surface area contributed by atoms with E-state index < -0.39 is 17.9 Å². The molecule has 6 nitrogen and oxygen atoms in total. The predicted molar refractivity (Wildman–Crippen MR) is 206 cm³/mol. The third kappa shape index (κ3) is 12.2. The molecule has 0 bridgehead atoms. The molecule has 0 aliphatic rings. The molecule has 52 heavy (non-hydrogen) atoms. The fourth-order valence-corrected chi connectivity index (χ4v) is 7.29. The molecule has 6 aromatic rings. The van der Waals surface area contributed by atoms with Gasteiger partial charge >= 0.3 is 17.9 Å². The Balaban J connectivity index is 0.000000175. The summed E-state index contributed by atoms with van der Waals surface area (Å²) in [4.78, 5) is 38.2. The summed E-state index contributed by atoms with van der Waals surface area (Å²) in [5, 5.41) is 27.2. The summed E-state index contributed by atoms with van der Waals surface area (Å²) in [6, 6.07) is 43.0. The maximum absolute atomic E-state index is 12.7. The quantitative estimate of drug-likeness (QED) is 0.126. The van der Waals surface area contributed by atoms with Crippen molar-refractivity contribution in [3.8, 4) is 0 Å². The molecule has 6 aromatic carbocycles. The summed E-state index contributed by atoms with van der Waals surface area (Å²) in [6.07, 6.45) is 1.01. The van der Waals surface area contributed by atoms with Crippen LogP contribution < -0.4 is 0 Å². The minimum atomic E-state index is -0.963. The number of halogens is 1. The van der Waals surface area contributed by atoms with Crippen molar-refractivity contribution in [1.29, 1.82) is 0 Å². The number of rotatable bonds is 10. The Hall–Kier alpha value is -5.29. The molecule has 3 N–H and O–H groups in total. The summed E-state index contributed by atoms with van der Waals surface area (Å²) in [6.45, 7) is 4.14. The van der Waals surface area contributed by atoms with Crippen LogP contribution in [0.5, 0.6) is 0 Å². The summed E-state index contributed by atoms with van der Waals surface area (Å²) < 4.78 is 12.7. The number of hydrogen-bond acceptors (Lipinski definition) is 6. The molecule has 0 aromatic heterocycles. The second-order valence-corrected chi connectivity index (χ2v) is 14.3. The second kappa shape index (κ2) is 19.9. The zero-order valence-corrected chi connectivity index (χ0v) is 30.7. The first-order valence-corrected chi connectivity index (χ1v) is 18.4. The molecule has 0 atom stereocenters. The van der Waals surface area contributed by atoms with E-state index in [0.717, 1.165) is 30.9 Å². The fraction of sp³-hybridized carbons (Fsp3) is 0.0714. The lowest BCUT2D eigenvalue weighted by atomic mass is 10.2. The highest BCUT2D eigenvalue weighted by atomic mass is 32.2. The van der Waals surface area contributed by atoms with Gasteiger partial charge in [0.15, 0.2) is 0 Å². The van der Waals surface area contributed by atoms with Crippen molar-refractivity contribution in [3.05, 3.63) is 179 Å². The second-order valence-electron chi connectivity index (χ2n) is 11.0. The van der Waals surface area contributed by atoms with E-state index in [1.54, 1.807) is 60.7 Å². The maximum Gasteiger partial charge on any atom is 0.336 e. The Kier molecular flexibility index (Phi) is 15.1. The van der Waals surface area contributed by atoms with Crippen LogP contribution in [0.3, 0.4) is 0 Å². The number of hydrogen-bond donors (Lipinski definition) is 3. The summed E-state index contributed by atoms with van der Waals surface area (Å²) in [7, 11) is 0. The first kappa shape index (κ1) is 39.5. The van der Waals surface area contributed by atoms with Crippen molar-refractivity contribution in [1.82, 2.24) is 0 Å². The van der Waals surface area contributed by atoms with E-state index in [9.17, 15) is 18.8 Å². The van der Waals surface area contributed by atoms with Crippen molar-refractivity contribution >= 4 is 53.2 Å².